The van der Waals surface area contributed by atoms with E-state index in [0.717, 1.165) is 42.7 Å². The number of carbonyl (C=O) groups is 1. The van der Waals surface area contributed by atoms with Gasteiger partial charge in [-0.3, -0.25) is 4.79 Å². The molecule has 0 bridgehead atoms. The molecule has 110 valence electrons. The van der Waals surface area contributed by atoms with Crippen LogP contribution in [-0.4, -0.2) is 12.7 Å². The summed E-state index contributed by atoms with van der Waals surface area (Å²) in [6.07, 6.45) is 4.11. The van der Waals surface area contributed by atoms with Gasteiger partial charge in [0.1, 0.15) is 0 Å². The first-order chi connectivity index (χ1) is 9.74. The number of hydrogen-bond donors (Lipinski definition) is 1. The third kappa shape index (κ3) is 3.65. The van der Waals surface area contributed by atoms with Gasteiger partial charge in [-0.25, -0.2) is 0 Å². The van der Waals surface area contributed by atoms with Gasteiger partial charge in [0.25, 0.3) is 0 Å². The number of amides is 1. The monoisotopic (exact) mass is 277 g/mol. The molecule has 1 aliphatic rings. The third-order valence-corrected chi connectivity index (χ3v) is 3.67. The molecule has 1 aromatic rings. The molecule has 1 aromatic carbocycles. The zero-order valence-corrected chi connectivity index (χ0v) is 12.3. The maximum Gasteiger partial charge on any atom is 0.231 e. The summed E-state index contributed by atoms with van der Waals surface area (Å²) in [5.74, 6) is 1.81. The average molecular weight is 277 g/mol. The highest BCUT2D eigenvalue weighted by Gasteiger charge is 2.16. The van der Waals surface area contributed by atoms with Crippen LogP contribution in [0.5, 0.6) is 11.5 Å². The van der Waals surface area contributed by atoms with Crippen LogP contribution in [0.2, 0.25) is 0 Å². The molecule has 0 radical (unpaired) electrons. The number of hydrogen-bond acceptors (Lipinski definition) is 3. The van der Waals surface area contributed by atoms with Crippen molar-refractivity contribution in [2.45, 2.75) is 46.1 Å². The van der Waals surface area contributed by atoms with Gasteiger partial charge in [-0.05, 0) is 30.5 Å². The highest BCUT2D eigenvalue weighted by molar-refractivity contribution is 5.78. The van der Waals surface area contributed by atoms with E-state index in [9.17, 15) is 4.79 Å². The van der Waals surface area contributed by atoms with Crippen LogP contribution in [0.1, 0.15) is 45.1 Å². The minimum Gasteiger partial charge on any atom is -0.454 e. The van der Waals surface area contributed by atoms with Crippen molar-refractivity contribution in [3.05, 3.63) is 23.8 Å². The topological polar surface area (TPSA) is 47.6 Å². The molecule has 0 spiro atoms. The Morgan fingerprint density at radius 3 is 2.85 bits per heavy atom. The Morgan fingerprint density at radius 2 is 2.10 bits per heavy atom. The van der Waals surface area contributed by atoms with Crippen LogP contribution < -0.4 is 14.8 Å². The second kappa shape index (κ2) is 7.17. The van der Waals surface area contributed by atoms with Crippen molar-refractivity contribution >= 4 is 5.91 Å². The number of fused-ring (bicyclic) bond motifs is 1. The first-order valence-electron chi connectivity index (χ1n) is 7.40. The molecule has 2 rings (SSSR count). The van der Waals surface area contributed by atoms with E-state index in [1.165, 1.54) is 0 Å². The Morgan fingerprint density at radius 1 is 1.30 bits per heavy atom. The van der Waals surface area contributed by atoms with Crippen molar-refractivity contribution in [3.63, 3.8) is 0 Å². The lowest BCUT2D eigenvalue weighted by molar-refractivity contribution is -0.125. The minimum atomic E-state index is 0.129. The van der Waals surface area contributed by atoms with Gasteiger partial charge >= 0.3 is 0 Å². The predicted octanol–water partition coefficient (Wildman–Crippen LogP) is 3.25. The van der Waals surface area contributed by atoms with Crippen LogP contribution in [0.3, 0.4) is 0 Å². The van der Waals surface area contributed by atoms with E-state index in [1.54, 1.807) is 0 Å². The minimum absolute atomic E-state index is 0.129. The number of rotatable bonds is 7. The summed E-state index contributed by atoms with van der Waals surface area (Å²) < 4.78 is 10.6. The van der Waals surface area contributed by atoms with E-state index < -0.39 is 0 Å². The standard InChI is InChI=1S/C16H23NO3/c1-3-5-6-13(4-2)16(18)17-10-12-7-8-14-15(9-12)20-11-19-14/h7-9,13H,3-6,10-11H2,1-2H3,(H,17,18). The molecular formula is C16H23NO3. The summed E-state index contributed by atoms with van der Waals surface area (Å²) in [6.45, 7) is 5.04. The highest BCUT2D eigenvalue weighted by atomic mass is 16.7. The molecule has 1 unspecified atom stereocenters. The van der Waals surface area contributed by atoms with Crippen LogP contribution in [0.25, 0.3) is 0 Å². The SMILES string of the molecule is CCCCC(CC)C(=O)NCc1ccc2c(c1)OCO2. The summed E-state index contributed by atoms with van der Waals surface area (Å²) in [5, 5.41) is 3.01. The highest BCUT2D eigenvalue weighted by Crippen LogP contribution is 2.32. The van der Waals surface area contributed by atoms with E-state index in [2.05, 4.69) is 19.2 Å². The van der Waals surface area contributed by atoms with Crippen LogP contribution in [0.4, 0.5) is 0 Å². The fourth-order valence-corrected chi connectivity index (χ4v) is 2.36. The quantitative estimate of drug-likeness (QED) is 0.832. The number of ether oxygens (including phenoxy) is 2. The Bertz CT molecular complexity index is 459. The summed E-state index contributed by atoms with van der Waals surface area (Å²) in [7, 11) is 0. The van der Waals surface area contributed by atoms with Gasteiger partial charge < -0.3 is 14.8 Å². The summed E-state index contributed by atoms with van der Waals surface area (Å²) in [6, 6.07) is 5.77. The lowest BCUT2D eigenvalue weighted by Gasteiger charge is -2.14. The van der Waals surface area contributed by atoms with Crippen molar-refractivity contribution in [3.8, 4) is 11.5 Å². The predicted molar refractivity (Wildman–Crippen MR) is 77.7 cm³/mol. The molecule has 4 heteroatoms. The van der Waals surface area contributed by atoms with E-state index in [4.69, 9.17) is 9.47 Å². The molecule has 0 saturated carbocycles. The van der Waals surface area contributed by atoms with Gasteiger partial charge in [0.05, 0.1) is 0 Å². The number of benzene rings is 1. The van der Waals surface area contributed by atoms with Crippen LogP contribution >= 0.6 is 0 Å². The molecule has 0 fully saturated rings. The zero-order chi connectivity index (χ0) is 14.4. The zero-order valence-electron chi connectivity index (χ0n) is 12.3. The number of nitrogens with one attached hydrogen (secondary N) is 1. The van der Waals surface area contributed by atoms with E-state index in [1.807, 2.05) is 18.2 Å². The van der Waals surface area contributed by atoms with Crippen molar-refractivity contribution in [2.75, 3.05) is 6.79 Å². The fourth-order valence-electron chi connectivity index (χ4n) is 2.36. The normalized spacial score (nSPS) is 14.1. The van der Waals surface area contributed by atoms with Gasteiger partial charge in [0, 0.05) is 12.5 Å². The van der Waals surface area contributed by atoms with Crippen LogP contribution in [-0.2, 0) is 11.3 Å². The number of carbonyl (C=O) groups excluding carboxylic acids is 1. The Labute approximate surface area is 120 Å². The molecule has 4 nitrogen and oxygen atoms in total. The third-order valence-electron chi connectivity index (χ3n) is 3.67. The van der Waals surface area contributed by atoms with Gasteiger partial charge in [0.15, 0.2) is 11.5 Å². The fraction of sp³-hybridized carbons (Fsp3) is 0.562. The molecule has 0 aromatic heterocycles. The second-order valence-corrected chi connectivity index (χ2v) is 5.15. The summed E-state index contributed by atoms with van der Waals surface area (Å²) in [5.41, 5.74) is 1.04. The molecule has 20 heavy (non-hydrogen) atoms. The smallest absolute Gasteiger partial charge is 0.231 e. The van der Waals surface area contributed by atoms with Gasteiger partial charge in [-0.2, -0.15) is 0 Å². The van der Waals surface area contributed by atoms with Gasteiger partial charge in [-0.1, -0.05) is 32.8 Å². The Kier molecular flexibility index (Phi) is 5.27. The average Bonchev–Trinajstić information content (AvgIpc) is 2.93. The van der Waals surface area contributed by atoms with E-state index in [-0.39, 0.29) is 18.6 Å². The summed E-state index contributed by atoms with van der Waals surface area (Å²) in [4.78, 5) is 12.1. The molecule has 1 amide bonds. The molecule has 0 aliphatic carbocycles. The van der Waals surface area contributed by atoms with Crippen molar-refractivity contribution in [1.29, 1.82) is 0 Å². The van der Waals surface area contributed by atoms with Crippen molar-refractivity contribution < 1.29 is 14.3 Å². The summed E-state index contributed by atoms with van der Waals surface area (Å²) >= 11 is 0. The van der Waals surface area contributed by atoms with E-state index in [0.29, 0.717) is 6.54 Å². The van der Waals surface area contributed by atoms with Gasteiger partial charge in [0.2, 0.25) is 12.7 Å². The Balaban J connectivity index is 1.86. The maximum atomic E-state index is 12.1. The first kappa shape index (κ1) is 14.7. The molecule has 1 N–H and O–H groups in total. The lowest BCUT2D eigenvalue weighted by Crippen LogP contribution is -2.30. The van der Waals surface area contributed by atoms with Gasteiger partial charge in [-0.15, -0.1) is 0 Å². The van der Waals surface area contributed by atoms with E-state index >= 15 is 0 Å². The largest absolute Gasteiger partial charge is 0.454 e. The second-order valence-electron chi connectivity index (χ2n) is 5.15. The molecule has 0 saturated heterocycles. The lowest BCUT2D eigenvalue weighted by atomic mass is 9.98. The van der Waals surface area contributed by atoms with Crippen LogP contribution in [0, 0.1) is 5.92 Å². The maximum absolute atomic E-state index is 12.1. The molecule has 1 aliphatic heterocycles. The van der Waals surface area contributed by atoms with Crippen molar-refractivity contribution in [2.24, 2.45) is 5.92 Å². The van der Waals surface area contributed by atoms with Crippen LogP contribution in [0.15, 0.2) is 18.2 Å². The number of unbranched alkanes of at least 4 members (excludes halogenated alkanes) is 1. The molecule has 1 atom stereocenters. The Hall–Kier alpha value is -1.71. The molecular weight excluding hydrogens is 254 g/mol. The van der Waals surface area contributed by atoms with Crippen molar-refractivity contribution in [1.82, 2.24) is 5.32 Å². The molecule has 1 heterocycles. The first-order valence-corrected chi connectivity index (χ1v) is 7.40.